The Hall–Kier alpha value is -1.20. The smallest absolute Gasteiger partial charge is 0.387 e. The van der Waals surface area contributed by atoms with Gasteiger partial charge in [-0.05, 0) is 37.5 Å². The second kappa shape index (κ2) is 14.7. The quantitative estimate of drug-likeness (QED) is 0.206. The monoisotopic (exact) mass is 513 g/mol. The SMILES string of the molecule is CCNC(=NCc1cccc(OC(F)F)c1)NCCCOCC1CCOC1.I. The normalized spacial score (nSPS) is 16.7. The highest BCUT2D eigenvalue weighted by Gasteiger charge is 2.15. The Morgan fingerprint density at radius 2 is 2.21 bits per heavy atom. The number of halogens is 3. The summed E-state index contributed by atoms with van der Waals surface area (Å²) in [6.07, 6.45) is 1.95. The first-order chi connectivity index (χ1) is 13.2. The molecule has 1 aromatic rings. The average molecular weight is 513 g/mol. The molecule has 1 fully saturated rings. The summed E-state index contributed by atoms with van der Waals surface area (Å²) in [5.41, 5.74) is 0.799. The van der Waals surface area contributed by atoms with Crippen LogP contribution in [0.25, 0.3) is 0 Å². The summed E-state index contributed by atoms with van der Waals surface area (Å²) in [6.45, 7) is 4.09. The van der Waals surface area contributed by atoms with E-state index in [4.69, 9.17) is 9.47 Å². The number of benzene rings is 1. The Labute approximate surface area is 182 Å². The fraction of sp³-hybridized carbons (Fsp3) is 0.632. The van der Waals surface area contributed by atoms with Gasteiger partial charge in [-0.1, -0.05) is 12.1 Å². The fourth-order valence-electron chi connectivity index (χ4n) is 2.68. The third-order valence-electron chi connectivity index (χ3n) is 4.02. The Morgan fingerprint density at radius 1 is 1.36 bits per heavy atom. The Bertz CT molecular complexity index is 573. The Morgan fingerprint density at radius 3 is 2.93 bits per heavy atom. The van der Waals surface area contributed by atoms with Gasteiger partial charge in [-0.3, -0.25) is 0 Å². The zero-order valence-corrected chi connectivity index (χ0v) is 18.5. The van der Waals surface area contributed by atoms with Crippen molar-refractivity contribution in [2.24, 2.45) is 10.9 Å². The molecule has 1 aromatic carbocycles. The van der Waals surface area contributed by atoms with Crippen LogP contribution >= 0.6 is 24.0 Å². The molecule has 0 amide bonds. The van der Waals surface area contributed by atoms with Gasteiger partial charge in [0.2, 0.25) is 0 Å². The standard InChI is InChI=1S/C19H29F2N3O3.HI/c1-2-22-19(23-8-4-9-25-13-16-7-10-26-14-16)24-12-15-5-3-6-17(11-15)27-18(20)21;/h3,5-6,11,16,18H,2,4,7-10,12-14H2,1H3,(H2,22,23,24);1H. The molecular weight excluding hydrogens is 483 g/mol. The van der Waals surface area contributed by atoms with E-state index in [1.165, 1.54) is 6.07 Å². The summed E-state index contributed by atoms with van der Waals surface area (Å²) in [5, 5.41) is 6.41. The number of alkyl halides is 2. The average Bonchev–Trinajstić information content (AvgIpc) is 3.15. The lowest BCUT2D eigenvalue weighted by Gasteiger charge is -2.12. The molecule has 1 atom stereocenters. The van der Waals surface area contributed by atoms with Gasteiger partial charge in [0.25, 0.3) is 0 Å². The zero-order chi connectivity index (χ0) is 19.3. The van der Waals surface area contributed by atoms with Crippen LogP contribution in [0.1, 0.15) is 25.3 Å². The molecule has 0 radical (unpaired) electrons. The maximum atomic E-state index is 12.3. The number of nitrogens with one attached hydrogen (secondary N) is 2. The molecule has 0 saturated carbocycles. The number of hydrogen-bond donors (Lipinski definition) is 2. The Kier molecular flexibility index (Phi) is 13.1. The van der Waals surface area contributed by atoms with E-state index in [0.717, 1.165) is 51.3 Å². The molecule has 1 aliphatic rings. The maximum Gasteiger partial charge on any atom is 0.387 e. The van der Waals surface area contributed by atoms with Gasteiger partial charge in [-0.15, -0.1) is 24.0 Å². The number of nitrogens with zero attached hydrogens (tertiary/aromatic N) is 1. The minimum atomic E-state index is -2.83. The molecule has 160 valence electrons. The molecule has 2 rings (SSSR count). The van der Waals surface area contributed by atoms with Crippen molar-refractivity contribution in [2.75, 3.05) is 39.5 Å². The van der Waals surface area contributed by atoms with E-state index in [9.17, 15) is 8.78 Å². The molecule has 28 heavy (non-hydrogen) atoms. The predicted molar refractivity (Wildman–Crippen MR) is 116 cm³/mol. The summed E-state index contributed by atoms with van der Waals surface area (Å²) < 4.78 is 40.0. The van der Waals surface area contributed by atoms with E-state index in [1.807, 2.05) is 13.0 Å². The van der Waals surface area contributed by atoms with Gasteiger partial charge < -0.3 is 24.8 Å². The maximum absolute atomic E-state index is 12.3. The first kappa shape index (κ1) is 24.8. The van der Waals surface area contributed by atoms with Crippen LogP contribution in [0.3, 0.4) is 0 Å². The highest BCUT2D eigenvalue weighted by atomic mass is 127. The Balaban J connectivity index is 0.00000392. The topological polar surface area (TPSA) is 64.1 Å². The molecule has 0 aliphatic carbocycles. The van der Waals surface area contributed by atoms with Gasteiger partial charge in [0, 0.05) is 32.2 Å². The van der Waals surface area contributed by atoms with E-state index in [-0.39, 0.29) is 29.7 Å². The molecule has 2 N–H and O–H groups in total. The number of rotatable bonds is 11. The molecule has 1 unspecified atom stereocenters. The van der Waals surface area contributed by atoms with E-state index in [2.05, 4.69) is 20.4 Å². The first-order valence-corrected chi connectivity index (χ1v) is 9.38. The molecule has 1 heterocycles. The molecule has 6 nitrogen and oxygen atoms in total. The van der Waals surface area contributed by atoms with Crippen molar-refractivity contribution >= 4 is 29.9 Å². The summed E-state index contributed by atoms with van der Waals surface area (Å²) in [5.74, 6) is 1.35. The molecule has 0 aromatic heterocycles. The largest absolute Gasteiger partial charge is 0.435 e. The molecular formula is C19H30F2IN3O3. The molecule has 1 saturated heterocycles. The van der Waals surface area contributed by atoms with Crippen molar-refractivity contribution in [3.8, 4) is 5.75 Å². The van der Waals surface area contributed by atoms with E-state index in [0.29, 0.717) is 25.0 Å². The summed E-state index contributed by atoms with van der Waals surface area (Å²) in [7, 11) is 0. The number of guanidine groups is 1. The minimum absolute atomic E-state index is 0. The van der Waals surface area contributed by atoms with Crippen LogP contribution in [0, 0.1) is 5.92 Å². The van der Waals surface area contributed by atoms with Crippen molar-refractivity contribution in [3.63, 3.8) is 0 Å². The predicted octanol–water partition coefficient (Wildman–Crippen LogP) is 3.40. The van der Waals surface area contributed by atoms with Crippen molar-refractivity contribution in [1.29, 1.82) is 0 Å². The van der Waals surface area contributed by atoms with Crippen molar-refractivity contribution < 1.29 is 23.0 Å². The summed E-state index contributed by atoms with van der Waals surface area (Å²) in [4.78, 5) is 4.48. The molecule has 0 spiro atoms. The summed E-state index contributed by atoms with van der Waals surface area (Å²) >= 11 is 0. The minimum Gasteiger partial charge on any atom is -0.435 e. The van der Waals surface area contributed by atoms with Crippen LogP contribution < -0.4 is 15.4 Å². The van der Waals surface area contributed by atoms with E-state index < -0.39 is 6.61 Å². The van der Waals surface area contributed by atoms with Gasteiger partial charge in [0.1, 0.15) is 5.75 Å². The van der Waals surface area contributed by atoms with Crippen LogP contribution in [-0.2, 0) is 16.0 Å². The van der Waals surface area contributed by atoms with Gasteiger partial charge in [-0.25, -0.2) is 4.99 Å². The van der Waals surface area contributed by atoms with Crippen molar-refractivity contribution in [3.05, 3.63) is 29.8 Å². The zero-order valence-electron chi connectivity index (χ0n) is 16.2. The lowest BCUT2D eigenvalue weighted by molar-refractivity contribution is -0.0498. The molecule has 0 bridgehead atoms. The molecule has 9 heteroatoms. The van der Waals surface area contributed by atoms with Gasteiger partial charge in [-0.2, -0.15) is 8.78 Å². The third kappa shape index (κ3) is 10.4. The summed E-state index contributed by atoms with van der Waals surface area (Å²) in [6, 6.07) is 6.57. The number of aliphatic imine (C=N–C) groups is 1. The number of ether oxygens (including phenoxy) is 3. The first-order valence-electron chi connectivity index (χ1n) is 9.38. The van der Waals surface area contributed by atoms with Gasteiger partial charge in [0.05, 0.1) is 19.8 Å². The highest BCUT2D eigenvalue weighted by Crippen LogP contribution is 2.16. The van der Waals surface area contributed by atoms with Crippen molar-refractivity contribution in [2.45, 2.75) is 32.9 Å². The van der Waals surface area contributed by atoms with Gasteiger partial charge in [0.15, 0.2) is 5.96 Å². The number of hydrogen-bond acceptors (Lipinski definition) is 4. The van der Waals surface area contributed by atoms with Crippen LogP contribution in [0.4, 0.5) is 8.78 Å². The van der Waals surface area contributed by atoms with Crippen LogP contribution in [0.5, 0.6) is 5.75 Å². The van der Waals surface area contributed by atoms with Crippen LogP contribution in [-0.4, -0.2) is 52.1 Å². The highest BCUT2D eigenvalue weighted by molar-refractivity contribution is 14.0. The third-order valence-corrected chi connectivity index (χ3v) is 4.02. The van der Waals surface area contributed by atoms with Gasteiger partial charge >= 0.3 is 6.61 Å². The van der Waals surface area contributed by atoms with Crippen LogP contribution in [0.15, 0.2) is 29.3 Å². The van der Waals surface area contributed by atoms with E-state index >= 15 is 0 Å². The van der Waals surface area contributed by atoms with Crippen molar-refractivity contribution in [1.82, 2.24) is 10.6 Å². The second-order valence-corrected chi connectivity index (χ2v) is 6.31. The second-order valence-electron chi connectivity index (χ2n) is 6.31. The lowest BCUT2D eigenvalue weighted by atomic mass is 10.1. The molecule has 1 aliphatic heterocycles. The fourth-order valence-corrected chi connectivity index (χ4v) is 2.68. The van der Waals surface area contributed by atoms with E-state index in [1.54, 1.807) is 12.1 Å². The van der Waals surface area contributed by atoms with Crippen LogP contribution in [0.2, 0.25) is 0 Å². The lowest BCUT2D eigenvalue weighted by Crippen LogP contribution is -2.38.